The molecule has 6 heteroatoms. The van der Waals surface area contributed by atoms with Crippen LogP contribution in [0.4, 0.5) is 0 Å². The van der Waals surface area contributed by atoms with E-state index in [0.717, 1.165) is 30.5 Å². The number of nitrogens with one attached hydrogen (secondary N) is 2. The first-order chi connectivity index (χ1) is 12.0. The highest BCUT2D eigenvalue weighted by Crippen LogP contribution is 2.17. The van der Waals surface area contributed by atoms with Gasteiger partial charge in [-0.3, -0.25) is 4.99 Å². The minimum Gasteiger partial charge on any atom is -0.356 e. The Hall–Kier alpha value is -1.92. The van der Waals surface area contributed by atoms with Gasteiger partial charge in [0.15, 0.2) is 5.96 Å². The fraction of sp³-hybridized carbons (Fsp3) is 0.474. The molecule has 0 fully saturated rings. The van der Waals surface area contributed by atoms with Crippen molar-refractivity contribution in [2.75, 3.05) is 34.2 Å². The molecule has 1 unspecified atom stereocenters. The number of aliphatic imine (C=N–C) groups is 1. The summed E-state index contributed by atoms with van der Waals surface area (Å²) in [6.45, 7) is 5.82. The molecule has 0 aliphatic carbocycles. The Bertz CT molecular complexity index is 675. The summed E-state index contributed by atoms with van der Waals surface area (Å²) < 4.78 is 0. The van der Waals surface area contributed by atoms with E-state index < -0.39 is 0 Å². The molecule has 0 aliphatic rings. The summed E-state index contributed by atoms with van der Waals surface area (Å²) in [4.78, 5) is 12.2. The average Bonchev–Trinajstić information content (AvgIpc) is 3.00. The Morgan fingerprint density at radius 1 is 1.20 bits per heavy atom. The highest BCUT2D eigenvalue weighted by Gasteiger charge is 2.14. The van der Waals surface area contributed by atoms with Crippen LogP contribution in [0.25, 0.3) is 0 Å². The van der Waals surface area contributed by atoms with Crippen molar-refractivity contribution in [2.45, 2.75) is 26.3 Å². The van der Waals surface area contributed by atoms with Gasteiger partial charge in [-0.25, -0.2) is 4.98 Å². The molecule has 0 radical (unpaired) electrons. The topological polar surface area (TPSA) is 52.6 Å². The molecule has 136 valence electrons. The molecule has 2 aromatic rings. The minimum atomic E-state index is 0.292. The maximum Gasteiger partial charge on any atom is 0.191 e. The van der Waals surface area contributed by atoms with Crippen LogP contribution in [0.1, 0.15) is 27.1 Å². The smallest absolute Gasteiger partial charge is 0.191 e. The molecule has 0 aliphatic heterocycles. The first-order valence-corrected chi connectivity index (χ1v) is 9.40. The lowest BCUT2D eigenvalue weighted by Crippen LogP contribution is -2.42. The van der Waals surface area contributed by atoms with Gasteiger partial charge in [-0.1, -0.05) is 29.8 Å². The van der Waals surface area contributed by atoms with Gasteiger partial charge >= 0.3 is 0 Å². The molecule has 5 nitrogen and oxygen atoms in total. The fourth-order valence-electron chi connectivity index (χ4n) is 2.61. The highest BCUT2D eigenvalue weighted by molar-refractivity contribution is 7.11. The Labute approximate surface area is 155 Å². The molecule has 0 bridgehead atoms. The quantitative estimate of drug-likeness (QED) is 0.590. The molecule has 1 aromatic heterocycles. The summed E-state index contributed by atoms with van der Waals surface area (Å²) in [5.74, 6) is 0.826. The second kappa shape index (κ2) is 9.53. The number of hydrogen-bond acceptors (Lipinski definition) is 4. The Morgan fingerprint density at radius 2 is 1.92 bits per heavy atom. The van der Waals surface area contributed by atoms with Crippen molar-refractivity contribution in [3.63, 3.8) is 0 Å². The van der Waals surface area contributed by atoms with E-state index in [1.54, 1.807) is 18.4 Å². The standard InChI is InChI=1S/C19H29N5S/c1-14-6-8-16(9-7-14)17(24(4)5)13-23-19(20-3)21-11-10-18-22-12-15(2)25-18/h6-9,12,17H,10-11,13H2,1-5H3,(H2,20,21,23). The predicted octanol–water partition coefficient (Wildman–Crippen LogP) is 2.77. The van der Waals surface area contributed by atoms with E-state index in [-0.39, 0.29) is 0 Å². The SMILES string of the molecule is CN=C(NCCc1ncc(C)s1)NCC(c1ccc(C)cc1)N(C)C. The van der Waals surface area contributed by atoms with Gasteiger partial charge in [-0.2, -0.15) is 0 Å². The van der Waals surface area contributed by atoms with Crippen LogP contribution in [0, 0.1) is 13.8 Å². The third-order valence-electron chi connectivity index (χ3n) is 4.07. The number of thiazole rings is 1. The van der Waals surface area contributed by atoms with Gasteiger partial charge in [0.1, 0.15) is 0 Å². The molecule has 0 saturated heterocycles. The molecule has 25 heavy (non-hydrogen) atoms. The molecule has 1 heterocycles. The molecular weight excluding hydrogens is 330 g/mol. The van der Waals surface area contributed by atoms with Gasteiger partial charge < -0.3 is 15.5 Å². The third-order valence-corrected chi connectivity index (χ3v) is 5.04. The Kier molecular flexibility index (Phi) is 7.40. The number of aryl methyl sites for hydroxylation is 2. The molecule has 2 rings (SSSR count). The zero-order valence-electron chi connectivity index (χ0n) is 15.8. The van der Waals surface area contributed by atoms with E-state index in [4.69, 9.17) is 0 Å². The lowest BCUT2D eigenvalue weighted by molar-refractivity contribution is 0.298. The first kappa shape index (κ1) is 19.4. The van der Waals surface area contributed by atoms with E-state index in [0.29, 0.717) is 6.04 Å². The van der Waals surface area contributed by atoms with Gasteiger partial charge in [0.05, 0.1) is 11.0 Å². The van der Waals surface area contributed by atoms with Crippen LogP contribution in [0.5, 0.6) is 0 Å². The number of aromatic nitrogens is 1. The molecule has 0 saturated carbocycles. The number of nitrogens with zero attached hydrogens (tertiary/aromatic N) is 3. The van der Waals surface area contributed by atoms with Crippen molar-refractivity contribution < 1.29 is 0 Å². The number of hydrogen-bond donors (Lipinski definition) is 2. The highest BCUT2D eigenvalue weighted by atomic mass is 32.1. The average molecular weight is 360 g/mol. The van der Waals surface area contributed by atoms with Crippen molar-refractivity contribution in [3.05, 3.63) is 51.5 Å². The summed E-state index contributed by atoms with van der Waals surface area (Å²) in [5.41, 5.74) is 2.58. The van der Waals surface area contributed by atoms with Crippen molar-refractivity contribution in [1.82, 2.24) is 20.5 Å². The summed E-state index contributed by atoms with van der Waals surface area (Å²) >= 11 is 1.75. The molecule has 0 spiro atoms. The van der Waals surface area contributed by atoms with Crippen molar-refractivity contribution >= 4 is 17.3 Å². The Balaban J connectivity index is 1.85. The van der Waals surface area contributed by atoms with Crippen LogP contribution in [0.15, 0.2) is 35.5 Å². The Morgan fingerprint density at radius 3 is 2.48 bits per heavy atom. The van der Waals surface area contributed by atoms with Crippen LogP contribution in [0.2, 0.25) is 0 Å². The normalized spacial score (nSPS) is 13.1. The van der Waals surface area contributed by atoms with Crippen LogP contribution < -0.4 is 10.6 Å². The molecule has 1 atom stereocenters. The predicted molar refractivity (Wildman–Crippen MR) is 108 cm³/mol. The van der Waals surface area contributed by atoms with Gasteiger partial charge in [-0.15, -0.1) is 11.3 Å². The largest absolute Gasteiger partial charge is 0.356 e. The van der Waals surface area contributed by atoms with E-state index in [2.05, 4.69) is 77.7 Å². The van der Waals surface area contributed by atoms with Crippen LogP contribution in [-0.4, -0.2) is 50.1 Å². The molecule has 2 N–H and O–H groups in total. The molecule has 0 amide bonds. The second-order valence-corrected chi connectivity index (χ2v) is 7.70. The van der Waals surface area contributed by atoms with E-state index in [9.17, 15) is 0 Å². The van der Waals surface area contributed by atoms with Crippen molar-refractivity contribution in [3.8, 4) is 0 Å². The number of guanidine groups is 1. The zero-order valence-corrected chi connectivity index (χ0v) is 16.7. The molecule has 1 aromatic carbocycles. The maximum absolute atomic E-state index is 4.39. The lowest BCUT2D eigenvalue weighted by Gasteiger charge is -2.26. The van der Waals surface area contributed by atoms with Crippen LogP contribution in [-0.2, 0) is 6.42 Å². The minimum absolute atomic E-state index is 0.292. The molecular formula is C19H29N5S. The van der Waals surface area contributed by atoms with Crippen molar-refractivity contribution in [2.24, 2.45) is 4.99 Å². The van der Waals surface area contributed by atoms with Crippen molar-refractivity contribution in [1.29, 1.82) is 0 Å². The van der Waals surface area contributed by atoms with Gasteiger partial charge in [0.2, 0.25) is 0 Å². The maximum atomic E-state index is 4.39. The number of benzene rings is 1. The number of rotatable bonds is 7. The third kappa shape index (κ3) is 6.14. The summed E-state index contributed by atoms with van der Waals surface area (Å²) in [5, 5.41) is 7.96. The van der Waals surface area contributed by atoms with Gasteiger partial charge in [-0.05, 0) is 33.5 Å². The van der Waals surface area contributed by atoms with Gasteiger partial charge in [0, 0.05) is 37.6 Å². The first-order valence-electron chi connectivity index (χ1n) is 8.58. The van der Waals surface area contributed by atoms with Gasteiger partial charge in [0.25, 0.3) is 0 Å². The fourth-order valence-corrected chi connectivity index (χ4v) is 3.39. The monoisotopic (exact) mass is 359 g/mol. The summed E-state index contributed by atoms with van der Waals surface area (Å²) in [6.07, 6.45) is 2.84. The van der Waals surface area contributed by atoms with Crippen LogP contribution in [0.3, 0.4) is 0 Å². The van der Waals surface area contributed by atoms with E-state index >= 15 is 0 Å². The lowest BCUT2D eigenvalue weighted by atomic mass is 10.0. The second-order valence-electron chi connectivity index (χ2n) is 6.38. The summed E-state index contributed by atoms with van der Waals surface area (Å²) in [7, 11) is 6.01. The van der Waals surface area contributed by atoms with E-state index in [1.807, 2.05) is 6.20 Å². The van der Waals surface area contributed by atoms with E-state index in [1.165, 1.54) is 16.0 Å². The zero-order chi connectivity index (χ0) is 18.2. The number of likely N-dealkylation sites (N-methyl/N-ethyl adjacent to an activating group) is 1. The summed E-state index contributed by atoms with van der Waals surface area (Å²) in [6, 6.07) is 9.01. The van der Waals surface area contributed by atoms with Crippen LogP contribution >= 0.6 is 11.3 Å².